The van der Waals surface area contributed by atoms with Crippen molar-refractivity contribution in [1.29, 1.82) is 5.26 Å². The van der Waals surface area contributed by atoms with Crippen LogP contribution in [0.15, 0.2) is 28.6 Å². The van der Waals surface area contributed by atoms with Crippen molar-refractivity contribution in [2.45, 2.75) is 35.4 Å². The van der Waals surface area contributed by atoms with E-state index in [1.165, 1.54) is 35.9 Å². The molecule has 1 atom stereocenters. The number of nitriles is 1. The van der Waals surface area contributed by atoms with Gasteiger partial charge < -0.3 is 10.6 Å². The maximum absolute atomic E-state index is 12.2. The number of hydrogen-bond acceptors (Lipinski definition) is 7. The van der Waals surface area contributed by atoms with E-state index in [9.17, 15) is 4.79 Å². The van der Waals surface area contributed by atoms with Crippen molar-refractivity contribution in [3.05, 3.63) is 29.8 Å². The normalized spacial score (nSPS) is 14.8. The topological polar surface area (TPSA) is 90.7 Å². The molecule has 6 nitrogen and oxygen atoms in total. The first-order valence-electron chi connectivity index (χ1n) is 7.22. The zero-order chi connectivity index (χ0) is 16.2. The van der Waals surface area contributed by atoms with Gasteiger partial charge in [-0.25, -0.2) is 0 Å². The average Bonchev–Trinajstić information content (AvgIpc) is 3.25. The fourth-order valence-electron chi connectivity index (χ4n) is 1.83. The summed E-state index contributed by atoms with van der Waals surface area (Å²) in [6.45, 7) is 1.82. The van der Waals surface area contributed by atoms with E-state index < -0.39 is 0 Å². The van der Waals surface area contributed by atoms with Crippen LogP contribution in [0.25, 0.3) is 0 Å². The van der Waals surface area contributed by atoms with E-state index in [4.69, 9.17) is 5.26 Å². The minimum absolute atomic E-state index is 0.128. The zero-order valence-corrected chi connectivity index (χ0v) is 14.1. The van der Waals surface area contributed by atoms with Crippen molar-refractivity contribution >= 4 is 39.8 Å². The van der Waals surface area contributed by atoms with Gasteiger partial charge in [-0.05, 0) is 38.0 Å². The lowest BCUT2D eigenvalue weighted by Crippen LogP contribution is -2.22. The van der Waals surface area contributed by atoms with Crippen LogP contribution in [0, 0.1) is 11.3 Å². The predicted octanol–water partition coefficient (Wildman–Crippen LogP) is 3.10. The van der Waals surface area contributed by atoms with Crippen LogP contribution in [0.3, 0.4) is 0 Å². The summed E-state index contributed by atoms with van der Waals surface area (Å²) in [7, 11) is 0. The summed E-state index contributed by atoms with van der Waals surface area (Å²) in [6.07, 6.45) is 2.37. The molecular weight excluding hydrogens is 330 g/mol. The van der Waals surface area contributed by atoms with Crippen LogP contribution in [-0.2, 0) is 4.79 Å². The molecule has 118 valence electrons. The summed E-state index contributed by atoms with van der Waals surface area (Å²) in [5.41, 5.74) is 1.14. The van der Waals surface area contributed by atoms with Gasteiger partial charge in [0.2, 0.25) is 11.0 Å². The van der Waals surface area contributed by atoms with E-state index >= 15 is 0 Å². The molecule has 1 aliphatic carbocycles. The largest absolute Gasteiger partial charge is 0.357 e. The molecule has 0 aliphatic heterocycles. The van der Waals surface area contributed by atoms with Crippen molar-refractivity contribution in [3.63, 3.8) is 0 Å². The SMILES string of the molecule is C[C@@H](Sc1nnc(NC2CC2)s1)C(=O)Nc1cccc(C#N)c1. The van der Waals surface area contributed by atoms with E-state index in [0.29, 0.717) is 17.3 Å². The third-order valence-corrected chi connectivity index (χ3v) is 5.26. The number of carbonyl (C=O) groups is 1. The monoisotopic (exact) mass is 345 g/mol. The lowest BCUT2D eigenvalue weighted by atomic mass is 10.2. The molecule has 2 aromatic rings. The van der Waals surface area contributed by atoms with Crippen LogP contribution in [0.4, 0.5) is 10.8 Å². The number of thioether (sulfide) groups is 1. The van der Waals surface area contributed by atoms with Crippen molar-refractivity contribution in [2.75, 3.05) is 10.6 Å². The van der Waals surface area contributed by atoms with Gasteiger partial charge in [-0.1, -0.05) is 29.2 Å². The Morgan fingerprint density at radius 3 is 3.04 bits per heavy atom. The van der Waals surface area contributed by atoms with Crippen LogP contribution in [0.2, 0.25) is 0 Å². The third-order valence-electron chi connectivity index (χ3n) is 3.22. The minimum Gasteiger partial charge on any atom is -0.357 e. The number of benzene rings is 1. The summed E-state index contributed by atoms with van der Waals surface area (Å²) < 4.78 is 0.765. The second-order valence-electron chi connectivity index (χ2n) is 5.23. The molecule has 0 saturated heterocycles. The third kappa shape index (κ3) is 4.43. The molecule has 2 N–H and O–H groups in total. The maximum atomic E-state index is 12.2. The highest BCUT2D eigenvalue weighted by Gasteiger charge is 2.23. The van der Waals surface area contributed by atoms with Crippen LogP contribution in [0.1, 0.15) is 25.3 Å². The van der Waals surface area contributed by atoms with Crippen molar-refractivity contribution < 1.29 is 4.79 Å². The molecule has 1 aromatic heterocycles. The first-order valence-corrected chi connectivity index (χ1v) is 8.91. The summed E-state index contributed by atoms with van der Waals surface area (Å²) in [5.74, 6) is -0.128. The van der Waals surface area contributed by atoms with Crippen molar-refractivity contribution in [1.82, 2.24) is 10.2 Å². The number of carbonyl (C=O) groups excluding carboxylic acids is 1. The molecule has 0 unspecified atom stereocenters. The van der Waals surface area contributed by atoms with Gasteiger partial charge in [0, 0.05) is 11.7 Å². The molecule has 23 heavy (non-hydrogen) atoms. The molecule has 1 aliphatic rings. The molecule has 1 aromatic carbocycles. The molecule has 1 amide bonds. The second kappa shape index (κ2) is 6.98. The lowest BCUT2D eigenvalue weighted by molar-refractivity contribution is -0.115. The van der Waals surface area contributed by atoms with Gasteiger partial charge in [0.05, 0.1) is 16.9 Å². The molecule has 1 fully saturated rings. The molecule has 3 rings (SSSR count). The number of amides is 1. The van der Waals surface area contributed by atoms with E-state index in [1.807, 2.05) is 6.92 Å². The average molecular weight is 345 g/mol. The van der Waals surface area contributed by atoms with Crippen LogP contribution in [-0.4, -0.2) is 27.4 Å². The van der Waals surface area contributed by atoms with Gasteiger partial charge in [-0.3, -0.25) is 4.79 Å². The van der Waals surface area contributed by atoms with Gasteiger partial charge in [-0.2, -0.15) is 5.26 Å². The highest BCUT2D eigenvalue weighted by molar-refractivity contribution is 8.02. The molecule has 1 saturated carbocycles. The molecule has 0 radical (unpaired) electrons. The number of anilines is 2. The van der Waals surface area contributed by atoms with Crippen molar-refractivity contribution in [2.24, 2.45) is 0 Å². The van der Waals surface area contributed by atoms with Gasteiger partial charge >= 0.3 is 0 Å². The Labute approximate surface area is 142 Å². The van der Waals surface area contributed by atoms with E-state index in [-0.39, 0.29) is 11.2 Å². The smallest absolute Gasteiger partial charge is 0.237 e. The van der Waals surface area contributed by atoms with Gasteiger partial charge in [0.1, 0.15) is 0 Å². The molecule has 0 spiro atoms. The Bertz CT molecular complexity index is 750. The first kappa shape index (κ1) is 15.8. The number of nitrogens with one attached hydrogen (secondary N) is 2. The fraction of sp³-hybridized carbons (Fsp3) is 0.333. The first-order chi connectivity index (χ1) is 11.1. The standard InChI is InChI=1S/C15H15N5OS2/c1-9(13(21)17-12-4-2-3-10(7-12)8-16)22-15-20-19-14(23-15)18-11-5-6-11/h2-4,7,9,11H,5-6H2,1H3,(H,17,21)(H,18,19)/t9-/m1/s1. The van der Waals surface area contributed by atoms with E-state index in [1.54, 1.807) is 24.3 Å². The summed E-state index contributed by atoms with van der Waals surface area (Å²) in [4.78, 5) is 12.2. The van der Waals surface area contributed by atoms with Crippen LogP contribution >= 0.6 is 23.1 Å². The zero-order valence-electron chi connectivity index (χ0n) is 12.4. The Hall–Kier alpha value is -2.11. The van der Waals surface area contributed by atoms with Crippen molar-refractivity contribution in [3.8, 4) is 6.07 Å². The number of aromatic nitrogens is 2. The Morgan fingerprint density at radius 2 is 2.30 bits per heavy atom. The van der Waals surface area contributed by atoms with Gasteiger partial charge in [0.15, 0.2) is 4.34 Å². The fourth-order valence-corrected chi connectivity index (χ4v) is 3.81. The number of rotatable bonds is 6. The van der Waals surface area contributed by atoms with Crippen LogP contribution < -0.4 is 10.6 Å². The van der Waals surface area contributed by atoms with Gasteiger partial charge in [0.25, 0.3) is 0 Å². The highest BCUT2D eigenvalue weighted by atomic mass is 32.2. The molecule has 0 bridgehead atoms. The predicted molar refractivity (Wildman–Crippen MR) is 91.7 cm³/mol. The van der Waals surface area contributed by atoms with E-state index in [2.05, 4.69) is 26.9 Å². The minimum atomic E-state index is -0.303. The maximum Gasteiger partial charge on any atom is 0.237 e. The van der Waals surface area contributed by atoms with E-state index in [0.717, 1.165) is 9.47 Å². The molecule has 1 heterocycles. The molecule has 8 heteroatoms. The second-order valence-corrected chi connectivity index (χ2v) is 7.80. The quantitative estimate of drug-likeness (QED) is 0.782. The summed E-state index contributed by atoms with van der Waals surface area (Å²) in [5, 5.41) is 23.7. The Morgan fingerprint density at radius 1 is 1.48 bits per heavy atom. The summed E-state index contributed by atoms with van der Waals surface area (Å²) >= 11 is 2.84. The van der Waals surface area contributed by atoms with Crippen LogP contribution in [0.5, 0.6) is 0 Å². The molecular formula is C15H15N5OS2. The number of hydrogen-bond donors (Lipinski definition) is 2. The number of nitrogens with zero attached hydrogens (tertiary/aromatic N) is 3. The lowest BCUT2D eigenvalue weighted by Gasteiger charge is -2.10. The summed E-state index contributed by atoms with van der Waals surface area (Å²) in [6, 6.07) is 9.44. The van der Waals surface area contributed by atoms with Gasteiger partial charge in [-0.15, -0.1) is 10.2 Å². The highest BCUT2D eigenvalue weighted by Crippen LogP contribution is 2.32. The Balaban J connectivity index is 1.56. The Kier molecular flexibility index (Phi) is 4.79.